The second-order valence-corrected chi connectivity index (χ2v) is 9.22. The molecule has 0 atom stereocenters. The number of para-hydroxylation sites is 1. The van der Waals surface area contributed by atoms with E-state index in [1.807, 2.05) is 54.4 Å². The third-order valence-electron chi connectivity index (χ3n) is 6.27. The molecule has 40 heavy (non-hydrogen) atoms. The number of alkyl halides is 3. The van der Waals surface area contributed by atoms with Crippen molar-refractivity contribution in [3.05, 3.63) is 84.7 Å². The highest BCUT2D eigenvalue weighted by atomic mass is 19.4. The first-order valence-corrected chi connectivity index (χ1v) is 13.0. The molecule has 0 unspecified atom stereocenters. The molecule has 7 nitrogen and oxygen atoms in total. The van der Waals surface area contributed by atoms with Crippen LogP contribution in [-0.4, -0.2) is 39.8 Å². The Labute approximate surface area is 231 Å². The van der Waals surface area contributed by atoms with Crippen LogP contribution in [0.2, 0.25) is 0 Å². The average Bonchev–Trinajstić information content (AvgIpc) is 3.30. The van der Waals surface area contributed by atoms with Crippen molar-refractivity contribution in [1.29, 1.82) is 0 Å². The predicted octanol–water partition coefficient (Wildman–Crippen LogP) is 7.20. The number of amides is 1. The number of unbranched alkanes of at least 4 members (excludes halogenated alkanes) is 2. The van der Waals surface area contributed by atoms with Crippen molar-refractivity contribution >= 4 is 40.0 Å². The van der Waals surface area contributed by atoms with Gasteiger partial charge in [0.2, 0.25) is 5.91 Å². The van der Waals surface area contributed by atoms with Crippen LogP contribution in [-0.2, 0) is 22.6 Å². The Kier molecular flexibility index (Phi) is 10.7. The van der Waals surface area contributed by atoms with Gasteiger partial charge in [-0.15, -0.1) is 0 Å². The van der Waals surface area contributed by atoms with Gasteiger partial charge in [0.25, 0.3) is 0 Å². The summed E-state index contributed by atoms with van der Waals surface area (Å²) in [5, 5.41) is 11.4. The summed E-state index contributed by atoms with van der Waals surface area (Å²) in [7, 11) is 1.98. The number of carboxylic acids is 1. The van der Waals surface area contributed by atoms with Gasteiger partial charge < -0.3 is 19.9 Å². The summed E-state index contributed by atoms with van der Waals surface area (Å²) in [5.74, 6) is -1.85. The smallest absolute Gasteiger partial charge is 0.475 e. The van der Waals surface area contributed by atoms with E-state index in [2.05, 4.69) is 52.3 Å². The number of nitrogens with zero attached hydrogens (tertiary/aromatic N) is 3. The van der Waals surface area contributed by atoms with Gasteiger partial charge in [0.05, 0.1) is 0 Å². The van der Waals surface area contributed by atoms with Crippen molar-refractivity contribution in [2.75, 3.05) is 17.3 Å². The first-order chi connectivity index (χ1) is 19.1. The van der Waals surface area contributed by atoms with E-state index in [9.17, 15) is 18.0 Å². The first-order valence-electron chi connectivity index (χ1n) is 13.0. The quantitative estimate of drug-likeness (QED) is 0.203. The third kappa shape index (κ3) is 8.59. The standard InChI is InChI=1S/C28H32N4O.C2HF3O2/c1-3-4-9-20-32-21-22(25-10-5-6-11-26(25)32)13-18-28(33)30-23-14-16-24(17-15-23)31(2)27-12-7-8-19-29-27;3-2(4,5)1(6)7/h5-8,10-12,14-17,19,21H,3-4,9,13,18,20H2,1-2H3,(H,30,33);(H,6,7). The summed E-state index contributed by atoms with van der Waals surface area (Å²) >= 11 is 0. The van der Waals surface area contributed by atoms with E-state index in [1.54, 1.807) is 6.20 Å². The molecule has 1 amide bonds. The van der Waals surface area contributed by atoms with Crippen molar-refractivity contribution in [2.45, 2.75) is 51.7 Å². The predicted molar refractivity (Wildman–Crippen MR) is 151 cm³/mol. The molecular weight excluding hydrogens is 521 g/mol. The molecule has 212 valence electrons. The maximum Gasteiger partial charge on any atom is 0.490 e. The van der Waals surface area contributed by atoms with Crippen LogP contribution in [0.3, 0.4) is 0 Å². The van der Waals surface area contributed by atoms with Crippen LogP contribution in [0, 0.1) is 0 Å². The van der Waals surface area contributed by atoms with Crippen LogP contribution >= 0.6 is 0 Å². The summed E-state index contributed by atoms with van der Waals surface area (Å²) in [5.41, 5.74) is 4.32. The summed E-state index contributed by atoms with van der Waals surface area (Å²) in [6, 6.07) is 22.2. The molecule has 0 radical (unpaired) electrons. The number of aliphatic carboxylic acids is 1. The van der Waals surface area contributed by atoms with Gasteiger partial charge in [-0.2, -0.15) is 13.2 Å². The molecule has 10 heteroatoms. The van der Waals surface area contributed by atoms with E-state index in [0.717, 1.165) is 30.2 Å². The van der Waals surface area contributed by atoms with Crippen LogP contribution in [0.15, 0.2) is 79.1 Å². The zero-order valence-electron chi connectivity index (χ0n) is 22.5. The third-order valence-corrected chi connectivity index (χ3v) is 6.27. The minimum atomic E-state index is -5.08. The van der Waals surface area contributed by atoms with E-state index < -0.39 is 12.1 Å². The SMILES string of the molecule is CCCCCn1cc(CCC(=O)Nc2ccc(N(C)c3ccccn3)cc2)c2ccccc21.O=C(O)C(F)(F)F. The van der Waals surface area contributed by atoms with E-state index >= 15 is 0 Å². The largest absolute Gasteiger partial charge is 0.490 e. The highest BCUT2D eigenvalue weighted by Crippen LogP contribution is 2.25. The Morgan fingerprint density at radius 1 is 1.00 bits per heavy atom. The average molecular weight is 555 g/mol. The molecule has 0 spiro atoms. The van der Waals surface area contributed by atoms with Crippen molar-refractivity contribution in [2.24, 2.45) is 0 Å². The Morgan fingerprint density at radius 2 is 1.68 bits per heavy atom. The molecule has 0 saturated carbocycles. The number of hydrogen-bond donors (Lipinski definition) is 2. The molecule has 0 saturated heterocycles. The highest BCUT2D eigenvalue weighted by molar-refractivity contribution is 5.92. The number of rotatable bonds is 10. The Balaban J connectivity index is 0.000000559. The molecule has 0 aliphatic carbocycles. The summed E-state index contributed by atoms with van der Waals surface area (Å²) in [4.78, 5) is 27.9. The van der Waals surface area contributed by atoms with Crippen LogP contribution in [0.5, 0.6) is 0 Å². The van der Waals surface area contributed by atoms with Crippen molar-refractivity contribution < 1.29 is 27.9 Å². The normalized spacial score (nSPS) is 11.0. The fourth-order valence-corrected chi connectivity index (χ4v) is 4.16. The number of benzene rings is 2. The maximum absolute atomic E-state index is 12.6. The minimum Gasteiger partial charge on any atom is -0.475 e. The van der Waals surface area contributed by atoms with Gasteiger partial charge in [0.1, 0.15) is 5.82 Å². The molecule has 2 aromatic heterocycles. The molecule has 2 N–H and O–H groups in total. The maximum atomic E-state index is 12.6. The second-order valence-electron chi connectivity index (χ2n) is 9.22. The fraction of sp³-hybridized carbons (Fsp3) is 0.300. The van der Waals surface area contributed by atoms with Crippen LogP contribution in [0.25, 0.3) is 10.9 Å². The molecule has 0 fully saturated rings. The van der Waals surface area contributed by atoms with Gasteiger partial charge in [-0.05, 0) is 60.9 Å². The second kappa shape index (κ2) is 14.2. The van der Waals surface area contributed by atoms with E-state index in [1.165, 1.54) is 35.7 Å². The Bertz CT molecular complexity index is 1390. The van der Waals surface area contributed by atoms with Crippen molar-refractivity contribution in [3.63, 3.8) is 0 Å². The fourth-order valence-electron chi connectivity index (χ4n) is 4.16. The lowest BCUT2D eigenvalue weighted by molar-refractivity contribution is -0.192. The number of anilines is 3. The summed E-state index contributed by atoms with van der Waals surface area (Å²) in [6.07, 6.45) is 3.75. The zero-order valence-corrected chi connectivity index (χ0v) is 22.5. The zero-order chi connectivity index (χ0) is 29.1. The Hall–Kier alpha value is -4.34. The summed E-state index contributed by atoms with van der Waals surface area (Å²) in [6.45, 7) is 3.25. The van der Waals surface area contributed by atoms with E-state index in [-0.39, 0.29) is 5.91 Å². The molecule has 2 heterocycles. The molecule has 4 aromatic rings. The lowest BCUT2D eigenvalue weighted by atomic mass is 10.1. The monoisotopic (exact) mass is 554 g/mol. The number of carbonyl (C=O) groups is 2. The van der Waals surface area contributed by atoms with Gasteiger partial charge in [-0.3, -0.25) is 4.79 Å². The van der Waals surface area contributed by atoms with Crippen molar-refractivity contribution in [1.82, 2.24) is 9.55 Å². The first kappa shape index (κ1) is 30.2. The Morgan fingerprint density at radius 3 is 2.30 bits per heavy atom. The number of carboxylic acid groups (broad SMARTS) is 1. The molecule has 2 aromatic carbocycles. The molecule has 0 aliphatic heterocycles. The number of nitrogens with one attached hydrogen (secondary N) is 1. The van der Waals surface area contributed by atoms with Gasteiger partial charge in [-0.25, -0.2) is 9.78 Å². The number of aryl methyl sites for hydroxylation is 2. The highest BCUT2D eigenvalue weighted by Gasteiger charge is 2.38. The van der Waals surface area contributed by atoms with E-state index in [0.29, 0.717) is 6.42 Å². The van der Waals surface area contributed by atoms with Crippen LogP contribution in [0.1, 0.15) is 38.2 Å². The number of pyridine rings is 1. The number of carbonyl (C=O) groups excluding carboxylic acids is 1. The molecule has 0 aliphatic rings. The van der Waals surface area contributed by atoms with Crippen LogP contribution in [0.4, 0.5) is 30.4 Å². The lowest BCUT2D eigenvalue weighted by Gasteiger charge is -2.18. The van der Waals surface area contributed by atoms with Crippen molar-refractivity contribution in [3.8, 4) is 0 Å². The number of hydrogen-bond acceptors (Lipinski definition) is 4. The minimum absolute atomic E-state index is 0.0312. The molecular formula is C30H33F3N4O3. The van der Waals surface area contributed by atoms with Gasteiger partial charge >= 0.3 is 12.1 Å². The topological polar surface area (TPSA) is 87.5 Å². The number of aromatic nitrogens is 2. The lowest BCUT2D eigenvalue weighted by Crippen LogP contribution is -2.21. The van der Waals surface area contributed by atoms with Crippen LogP contribution < -0.4 is 10.2 Å². The van der Waals surface area contributed by atoms with Gasteiger partial charge in [0.15, 0.2) is 0 Å². The summed E-state index contributed by atoms with van der Waals surface area (Å²) < 4.78 is 34.1. The van der Waals surface area contributed by atoms with Gasteiger partial charge in [-0.1, -0.05) is 44.0 Å². The number of halogens is 3. The molecule has 0 bridgehead atoms. The van der Waals surface area contributed by atoms with E-state index in [4.69, 9.17) is 9.90 Å². The number of fused-ring (bicyclic) bond motifs is 1. The molecule has 4 rings (SSSR count). The van der Waals surface area contributed by atoms with Gasteiger partial charge in [0, 0.05) is 54.7 Å².